The Balaban J connectivity index is 1.73. The zero-order valence-corrected chi connectivity index (χ0v) is 18.1. The van der Waals surface area contributed by atoms with Crippen LogP contribution >= 0.6 is 0 Å². The van der Waals surface area contributed by atoms with E-state index in [0.717, 1.165) is 38.8 Å². The molecule has 160 valence electrons. The summed E-state index contributed by atoms with van der Waals surface area (Å²) in [4.78, 5) is 42.9. The summed E-state index contributed by atoms with van der Waals surface area (Å²) in [6, 6.07) is 0. The van der Waals surface area contributed by atoms with Crippen LogP contribution in [0.2, 0.25) is 0 Å². The van der Waals surface area contributed by atoms with Gasteiger partial charge in [-0.15, -0.1) is 0 Å². The molecule has 0 radical (unpaired) electrons. The minimum atomic E-state index is -0.274. The molecule has 2 saturated heterocycles. The molecule has 0 unspecified atom stereocenters. The maximum atomic E-state index is 12.8. The summed E-state index contributed by atoms with van der Waals surface area (Å²) in [5, 5.41) is 2.91. The molecule has 0 aromatic heterocycles. The van der Waals surface area contributed by atoms with E-state index < -0.39 is 0 Å². The summed E-state index contributed by atoms with van der Waals surface area (Å²) in [6.45, 7) is 9.28. The molecule has 0 aromatic rings. The first-order valence-corrected chi connectivity index (χ1v) is 10.7. The van der Waals surface area contributed by atoms with Crippen molar-refractivity contribution in [2.45, 2.75) is 64.8 Å². The molecule has 0 atom stereocenters. The van der Waals surface area contributed by atoms with Crippen LogP contribution in [-0.4, -0.2) is 84.3 Å². The van der Waals surface area contributed by atoms with E-state index in [1.54, 1.807) is 11.9 Å². The van der Waals surface area contributed by atoms with Gasteiger partial charge in [-0.3, -0.25) is 19.3 Å². The van der Waals surface area contributed by atoms with Gasteiger partial charge in [0.05, 0.1) is 13.1 Å². The lowest BCUT2D eigenvalue weighted by Gasteiger charge is -2.34. The zero-order valence-electron chi connectivity index (χ0n) is 18.1. The van der Waals surface area contributed by atoms with Gasteiger partial charge in [0.2, 0.25) is 17.7 Å². The standard InChI is InChI=1S/C21H38N4O3/c1-21(2,3)22-18(26)15-23(4)16-19(27)24-13-9-17(10-14-24)20(28)25-11-7-5-6-8-12-25/h17H,5-16H2,1-4H3,(H,22,26). The molecule has 0 aliphatic carbocycles. The van der Waals surface area contributed by atoms with Crippen LogP contribution in [0.4, 0.5) is 0 Å². The van der Waals surface area contributed by atoms with Gasteiger partial charge in [-0.25, -0.2) is 0 Å². The molecule has 7 heteroatoms. The number of nitrogens with one attached hydrogen (secondary N) is 1. The van der Waals surface area contributed by atoms with Crippen molar-refractivity contribution < 1.29 is 14.4 Å². The molecule has 2 heterocycles. The minimum absolute atomic E-state index is 0.0340. The normalized spacial score (nSPS) is 19.5. The molecule has 0 spiro atoms. The van der Waals surface area contributed by atoms with Crippen LogP contribution in [0.15, 0.2) is 0 Å². The van der Waals surface area contributed by atoms with Crippen LogP contribution in [0.5, 0.6) is 0 Å². The summed E-state index contributed by atoms with van der Waals surface area (Å²) in [5.74, 6) is 0.290. The highest BCUT2D eigenvalue weighted by atomic mass is 16.2. The topological polar surface area (TPSA) is 73.0 Å². The number of rotatable bonds is 5. The lowest BCUT2D eigenvalue weighted by Crippen LogP contribution is -2.49. The molecular weight excluding hydrogens is 356 g/mol. The summed E-state index contributed by atoms with van der Waals surface area (Å²) >= 11 is 0. The van der Waals surface area contributed by atoms with Crippen molar-refractivity contribution in [2.75, 3.05) is 46.3 Å². The van der Waals surface area contributed by atoms with E-state index in [4.69, 9.17) is 0 Å². The van der Waals surface area contributed by atoms with E-state index in [9.17, 15) is 14.4 Å². The predicted molar refractivity (Wildman–Crippen MR) is 110 cm³/mol. The number of piperidine rings is 1. The Kier molecular flexibility index (Phi) is 8.28. The molecule has 28 heavy (non-hydrogen) atoms. The molecule has 0 bridgehead atoms. The van der Waals surface area contributed by atoms with Crippen LogP contribution in [0.3, 0.4) is 0 Å². The van der Waals surface area contributed by atoms with E-state index in [2.05, 4.69) is 5.32 Å². The number of nitrogens with zero attached hydrogens (tertiary/aromatic N) is 3. The molecular formula is C21H38N4O3. The first-order chi connectivity index (χ1) is 13.2. The van der Waals surface area contributed by atoms with Gasteiger partial charge in [0.1, 0.15) is 0 Å². The fourth-order valence-electron chi connectivity index (χ4n) is 4.01. The molecule has 7 nitrogen and oxygen atoms in total. The van der Waals surface area contributed by atoms with Gasteiger partial charge in [-0.2, -0.15) is 0 Å². The molecule has 2 aliphatic rings. The van der Waals surface area contributed by atoms with Gasteiger partial charge in [-0.1, -0.05) is 12.8 Å². The van der Waals surface area contributed by atoms with Crippen LogP contribution in [-0.2, 0) is 14.4 Å². The highest BCUT2D eigenvalue weighted by Gasteiger charge is 2.30. The van der Waals surface area contributed by atoms with Crippen molar-refractivity contribution in [1.82, 2.24) is 20.0 Å². The Morgan fingerprint density at radius 2 is 1.46 bits per heavy atom. The van der Waals surface area contributed by atoms with Crippen molar-refractivity contribution in [3.63, 3.8) is 0 Å². The predicted octanol–water partition coefficient (Wildman–Crippen LogP) is 1.47. The molecule has 3 amide bonds. The van der Waals surface area contributed by atoms with Gasteiger partial charge in [0.15, 0.2) is 0 Å². The Labute approximate surface area is 169 Å². The summed E-state index contributed by atoms with van der Waals surface area (Å²) in [7, 11) is 1.79. The first kappa shape index (κ1) is 22.7. The van der Waals surface area contributed by atoms with E-state index >= 15 is 0 Å². The van der Waals surface area contributed by atoms with E-state index in [-0.39, 0.29) is 42.3 Å². The Hall–Kier alpha value is -1.63. The fraction of sp³-hybridized carbons (Fsp3) is 0.857. The second-order valence-electron chi connectivity index (χ2n) is 9.37. The van der Waals surface area contributed by atoms with E-state index in [1.165, 1.54) is 12.8 Å². The smallest absolute Gasteiger partial charge is 0.236 e. The molecule has 2 aliphatic heterocycles. The van der Waals surface area contributed by atoms with Crippen molar-refractivity contribution >= 4 is 17.7 Å². The molecule has 2 rings (SSSR count). The average molecular weight is 395 g/mol. The van der Waals surface area contributed by atoms with Crippen LogP contribution in [0.25, 0.3) is 0 Å². The number of hydrogen-bond acceptors (Lipinski definition) is 4. The minimum Gasteiger partial charge on any atom is -0.350 e. The molecule has 2 fully saturated rings. The Bertz CT molecular complexity index is 542. The molecule has 1 N–H and O–H groups in total. The highest BCUT2D eigenvalue weighted by molar-refractivity contribution is 5.82. The average Bonchev–Trinajstić information content (AvgIpc) is 2.88. The third kappa shape index (κ3) is 7.41. The van der Waals surface area contributed by atoms with Crippen molar-refractivity contribution in [3.05, 3.63) is 0 Å². The quantitative estimate of drug-likeness (QED) is 0.767. The second-order valence-corrected chi connectivity index (χ2v) is 9.37. The number of likely N-dealkylation sites (N-methyl/N-ethyl adjacent to an activating group) is 1. The zero-order chi connectivity index (χ0) is 20.7. The van der Waals surface area contributed by atoms with Gasteiger partial charge in [0, 0.05) is 37.6 Å². The van der Waals surface area contributed by atoms with Gasteiger partial charge in [0.25, 0.3) is 0 Å². The SMILES string of the molecule is CN(CC(=O)NC(C)(C)C)CC(=O)N1CCC(C(=O)N2CCCCCC2)CC1. The van der Waals surface area contributed by atoms with Crippen molar-refractivity contribution in [2.24, 2.45) is 5.92 Å². The number of hydrogen-bond donors (Lipinski definition) is 1. The summed E-state index contributed by atoms with van der Waals surface area (Å²) < 4.78 is 0. The number of likely N-dealkylation sites (tertiary alicyclic amines) is 2. The maximum absolute atomic E-state index is 12.8. The largest absolute Gasteiger partial charge is 0.350 e. The number of amides is 3. The summed E-state index contributed by atoms with van der Waals surface area (Å²) in [6.07, 6.45) is 6.15. The highest BCUT2D eigenvalue weighted by Crippen LogP contribution is 2.22. The number of carbonyl (C=O) groups excluding carboxylic acids is 3. The van der Waals surface area contributed by atoms with Gasteiger partial charge < -0.3 is 15.1 Å². The fourth-order valence-corrected chi connectivity index (χ4v) is 4.01. The lowest BCUT2D eigenvalue weighted by molar-refractivity contribution is -0.141. The molecule has 0 aromatic carbocycles. The third-order valence-electron chi connectivity index (χ3n) is 5.45. The Morgan fingerprint density at radius 1 is 0.893 bits per heavy atom. The second kappa shape index (κ2) is 10.2. The number of carbonyl (C=O) groups is 3. The van der Waals surface area contributed by atoms with Crippen molar-refractivity contribution in [3.8, 4) is 0 Å². The summed E-state index contributed by atoms with van der Waals surface area (Å²) in [5.41, 5.74) is -0.274. The molecule has 0 saturated carbocycles. The van der Waals surface area contributed by atoms with Gasteiger partial charge >= 0.3 is 0 Å². The van der Waals surface area contributed by atoms with Crippen LogP contribution in [0.1, 0.15) is 59.3 Å². The monoisotopic (exact) mass is 394 g/mol. The van der Waals surface area contributed by atoms with E-state index in [0.29, 0.717) is 13.1 Å². The van der Waals surface area contributed by atoms with E-state index in [1.807, 2.05) is 30.6 Å². The van der Waals surface area contributed by atoms with Crippen molar-refractivity contribution in [1.29, 1.82) is 0 Å². The third-order valence-corrected chi connectivity index (χ3v) is 5.45. The van der Waals surface area contributed by atoms with Gasteiger partial charge in [-0.05, 0) is 53.5 Å². The maximum Gasteiger partial charge on any atom is 0.236 e. The Morgan fingerprint density at radius 3 is 2.00 bits per heavy atom. The van der Waals surface area contributed by atoms with Crippen LogP contribution < -0.4 is 5.32 Å². The first-order valence-electron chi connectivity index (χ1n) is 10.7. The van der Waals surface area contributed by atoms with Crippen LogP contribution in [0, 0.1) is 5.92 Å². The lowest BCUT2D eigenvalue weighted by atomic mass is 9.95.